The third kappa shape index (κ3) is 4.78. The summed E-state index contributed by atoms with van der Waals surface area (Å²) in [6.07, 6.45) is 1.04. The monoisotopic (exact) mass is 429 g/mol. The number of hydrogen-bond acceptors (Lipinski definition) is 6. The zero-order valence-electron chi connectivity index (χ0n) is 18.0. The number of nitrogens with one attached hydrogen (secondary N) is 1. The quantitative estimate of drug-likeness (QED) is 0.458. The predicted octanol–water partition coefficient (Wildman–Crippen LogP) is 4.72. The van der Waals surface area contributed by atoms with E-state index in [0.29, 0.717) is 22.9 Å². The minimum atomic E-state index is -0.710. The number of rotatable bonds is 7. The zero-order chi connectivity index (χ0) is 22.5. The smallest absolute Gasteiger partial charge is 0.265 e. The van der Waals surface area contributed by atoms with Crippen molar-refractivity contribution >= 4 is 22.6 Å². The Labute approximate surface area is 186 Å². The average Bonchev–Trinajstić information content (AvgIpc) is 2.83. The van der Waals surface area contributed by atoms with Crippen molar-refractivity contribution in [2.24, 2.45) is 0 Å². The topological polar surface area (TPSA) is 82.6 Å². The van der Waals surface area contributed by atoms with Gasteiger partial charge >= 0.3 is 0 Å². The molecule has 4 aromatic rings. The number of hydrogen-bond donors (Lipinski definition) is 1. The number of fused-ring (bicyclic) bond motifs is 1. The van der Waals surface area contributed by atoms with Gasteiger partial charge in [0.2, 0.25) is 0 Å². The SMILES string of the molecule is COc1cc(NC(=O)[C@H](C)Oc2ccc(-c3cnc4ccccc4n3)cc2)cc(OC)c1. The summed E-state index contributed by atoms with van der Waals surface area (Å²) >= 11 is 0. The molecule has 1 aromatic heterocycles. The Kier molecular flexibility index (Phi) is 6.17. The third-order valence-electron chi connectivity index (χ3n) is 4.90. The molecule has 1 N–H and O–H groups in total. The molecule has 0 aliphatic heterocycles. The number of aromatic nitrogens is 2. The Morgan fingerprint density at radius 1 is 0.875 bits per heavy atom. The van der Waals surface area contributed by atoms with Gasteiger partial charge in [-0.3, -0.25) is 9.78 Å². The molecule has 162 valence electrons. The predicted molar refractivity (Wildman–Crippen MR) is 123 cm³/mol. The van der Waals surface area contributed by atoms with Gasteiger partial charge in [-0.15, -0.1) is 0 Å². The van der Waals surface area contributed by atoms with E-state index < -0.39 is 6.10 Å². The lowest BCUT2D eigenvalue weighted by atomic mass is 10.1. The molecular weight excluding hydrogens is 406 g/mol. The van der Waals surface area contributed by atoms with Crippen molar-refractivity contribution in [1.29, 1.82) is 0 Å². The van der Waals surface area contributed by atoms with Gasteiger partial charge in [0.25, 0.3) is 5.91 Å². The van der Waals surface area contributed by atoms with E-state index in [1.807, 2.05) is 48.5 Å². The summed E-state index contributed by atoms with van der Waals surface area (Å²) in [6.45, 7) is 1.69. The molecule has 0 aliphatic carbocycles. The van der Waals surface area contributed by atoms with E-state index in [-0.39, 0.29) is 5.91 Å². The maximum Gasteiger partial charge on any atom is 0.265 e. The van der Waals surface area contributed by atoms with Crippen LogP contribution in [0, 0.1) is 0 Å². The summed E-state index contributed by atoms with van der Waals surface area (Å²) in [4.78, 5) is 21.7. The number of ether oxygens (including phenoxy) is 3. The number of benzene rings is 3. The molecule has 1 heterocycles. The number of carbonyl (C=O) groups excluding carboxylic acids is 1. The molecule has 0 saturated heterocycles. The first-order valence-electron chi connectivity index (χ1n) is 10.1. The Hall–Kier alpha value is -4.13. The lowest BCUT2D eigenvalue weighted by Crippen LogP contribution is -2.30. The van der Waals surface area contributed by atoms with E-state index in [0.717, 1.165) is 22.3 Å². The van der Waals surface area contributed by atoms with Crippen LogP contribution in [-0.2, 0) is 4.79 Å². The van der Waals surface area contributed by atoms with Crippen LogP contribution in [0.1, 0.15) is 6.92 Å². The zero-order valence-corrected chi connectivity index (χ0v) is 18.0. The average molecular weight is 429 g/mol. The number of anilines is 1. The molecular formula is C25H23N3O4. The molecule has 1 atom stereocenters. The second kappa shape index (κ2) is 9.34. The maximum atomic E-state index is 12.6. The Morgan fingerprint density at radius 2 is 1.53 bits per heavy atom. The molecule has 7 nitrogen and oxygen atoms in total. The molecule has 0 fully saturated rings. The molecule has 1 amide bonds. The van der Waals surface area contributed by atoms with Gasteiger partial charge in [0.05, 0.1) is 37.1 Å². The second-order valence-corrected chi connectivity index (χ2v) is 7.12. The lowest BCUT2D eigenvalue weighted by Gasteiger charge is -2.16. The molecule has 3 aromatic carbocycles. The van der Waals surface area contributed by atoms with Crippen LogP contribution in [0.25, 0.3) is 22.3 Å². The molecule has 0 bridgehead atoms. The molecule has 0 saturated carbocycles. The molecule has 0 spiro atoms. The summed E-state index contributed by atoms with van der Waals surface area (Å²) in [5, 5.41) is 2.82. The van der Waals surface area contributed by atoms with E-state index >= 15 is 0 Å². The first-order valence-corrected chi connectivity index (χ1v) is 10.1. The van der Waals surface area contributed by atoms with Crippen LogP contribution >= 0.6 is 0 Å². The van der Waals surface area contributed by atoms with Gasteiger partial charge in [-0.05, 0) is 43.3 Å². The van der Waals surface area contributed by atoms with Crippen molar-refractivity contribution in [3.05, 3.63) is 72.9 Å². The molecule has 7 heteroatoms. The highest BCUT2D eigenvalue weighted by Gasteiger charge is 2.16. The largest absolute Gasteiger partial charge is 0.497 e. The molecule has 0 radical (unpaired) electrons. The molecule has 32 heavy (non-hydrogen) atoms. The highest BCUT2D eigenvalue weighted by atomic mass is 16.5. The second-order valence-electron chi connectivity index (χ2n) is 7.12. The Bertz CT molecular complexity index is 1220. The van der Waals surface area contributed by atoms with Crippen LogP contribution in [0.2, 0.25) is 0 Å². The van der Waals surface area contributed by atoms with Gasteiger partial charge in [0.1, 0.15) is 17.2 Å². The van der Waals surface area contributed by atoms with Gasteiger partial charge in [-0.2, -0.15) is 0 Å². The Morgan fingerprint density at radius 3 is 2.19 bits per heavy atom. The van der Waals surface area contributed by atoms with E-state index in [2.05, 4.69) is 15.3 Å². The van der Waals surface area contributed by atoms with Crippen LogP contribution in [0.15, 0.2) is 72.9 Å². The summed E-state index contributed by atoms with van der Waals surface area (Å²) in [5.74, 6) is 1.46. The van der Waals surface area contributed by atoms with Crippen LogP contribution in [-0.4, -0.2) is 36.2 Å². The van der Waals surface area contributed by atoms with Gasteiger partial charge in [-0.25, -0.2) is 4.98 Å². The number of amides is 1. The van der Waals surface area contributed by atoms with Crippen LogP contribution in [0.4, 0.5) is 5.69 Å². The maximum absolute atomic E-state index is 12.6. The summed E-state index contributed by atoms with van der Waals surface area (Å²) < 4.78 is 16.3. The fraction of sp³-hybridized carbons (Fsp3) is 0.160. The number of nitrogens with zero attached hydrogens (tertiary/aromatic N) is 2. The number of para-hydroxylation sites is 2. The van der Waals surface area contributed by atoms with Crippen LogP contribution in [0.3, 0.4) is 0 Å². The van der Waals surface area contributed by atoms with Crippen molar-refractivity contribution < 1.29 is 19.0 Å². The molecule has 0 aliphatic rings. The van der Waals surface area contributed by atoms with E-state index in [1.165, 1.54) is 0 Å². The van der Waals surface area contributed by atoms with E-state index in [4.69, 9.17) is 14.2 Å². The van der Waals surface area contributed by atoms with Crippen LogP contribution in [0.5, 0.6) is 17.2 Å². The summed E-state index contributed by atoms with van der Waals surface area (Å²) in [7, 11) is 3.11. The third-order valence-corrected chi connectivity index (χ3v) is 4.90. The highest BCUT2D eigenvalue weighted by Crippen LogP contribution is 2.26. The minimum absolute atomic E-state index is 0.287. The van der Waals surface area contributed by atoms with Gasteiger partial charge < -0.3 is 19.5 Å². The van der Waals surface area contributed by atoms with Gasteiger partial charge in [0, 0.05) is 29.4 Å². The fourth-order valence-corrected chi connectivity index (χ4v) is 3.18. The standard InChI is InChI=1S/C25H23N3O4/c1-16(25(29)27-18-12-20(30-2)14-21(13-18)31-3)32-19-10-8-17(9-11-19)24-15-26-22-6-4-5-7-23(22)28-24/h4-16H,1-3H3,(H,27,29)/t16-/m0/s1. The fourth-order valence-electron chi connectivity index (χ4n) is 3.18. The Balaban J connectivity index is 1.43. The molecule has 4 rings (SSSR count). The van der Waals surface area contributed by atoms with Crippen molar-refractivity contribution in [3.8, 4) is 28.5 Å². The highest BCUT2D eigenvalue weighted by molar-refractivity contribution is 5.94. The van der Waals surface area contributed by atoms with Gasteiger partial charge in [0.15, 0.2) is 6.10 Å². The van der Waals surface area contributed by atoms with E-state index in [1.54, 1.807) is 45.5 Å². The summed E-state index contributed by atoms with van der Waals surface area (Å²) in [6, 6.07) is 20.3. The van der Waals surface area contributed by atoms with Crippen molar-refractivity contribution in [1.82, 2.24) is 9.97 Å². The van der Waals surface area contributed by atoms with Crippen molar-refractivity contribution in [2.75, 3.05) is 19.5 Å². The number of methoxy groups -OCH3 is 2. The normalized spacial score (nSPS) is 11.6. The van der Waals surface area contributed by atoms with Gasteiger partial charge in [-0.1, -0.05) is 12.1 Å². The summed E-state index contributed by atoms with van der Waals surface area (Å²) in [5.41, 5.74) is 3.94. The first-order chi connectivity index (χ1) is 15.6. The van der Waals surface area contributed by atoms with E-state index in [9.17, 15) is 4.79 Å². The first kappa shape index (κ1) is 21.1. The molecule has 0 unspecified atom stereocenters. The lowest BCUT2D eigenvalue weighted by molar-refractivity contribution is -0.122. The van der Waals surface area contributed by atoms with Crippen LogP contribution < -0.4 is 19.5 Å². The van der Waals surface area contributed by atoms with Crippen molar-refractivity contribution in [2.45, 2.75) is 13.0 Å². The minimum Gasteiger partial charge on any atom is -0.497 e. The van der Waals surface area contributed by atoms with Crippen molar-refractivity contribution in [3.63, 3.8) is 0 Å². The number of carbonyl (C=O) groups is 1.